The number of ether oxygens (including phenoxy) is 2. The van der Waals surface area contributed by atoms with Crippen molar-refractivity contribution in [2.45, 2.75) is 19.4 Å². The monoisotopic (exact) mass is 299 g/mol. The Morgan fingerprint density at radius 3 is 2.55 bits per heavy atom. The summed E-state index contributed by atoms with van der Waals surface area (Å²) in [6.45, 7) is 2.93. The van der Waals surface area contributed by atoms with Crippen molar-refractivity contribution in [3.05, 3.63) is 65.2 Å². The number of carbonyl (C=O) groups excluding carboxylic acids is 1. The third-order valence-electron chi connectivity index (χ3n) is 3.57. The van der Waals surface area contributed by atoms with Crippen molar-refractivity contribution in [1.29, 1.82) is 0 Å². The number of benzene rings is 2. The van der Waals surface area contributed by atoms with E-state index in [-0.39, 0.29) is 5.92 Å². The van der Waals surface area contributed by atoms with E-state index < -0.39 is 5.97 Å². The van der Waals surface area contributed by atoms with Crippen LogP contribution in [0.25, 0.3) is 0 Å². The fraction of sp³-hybridized carbons (Fsp3) is 0.278. The van der Waals surface area contributed by atoms with Crippen LogP contribution in [0.4, 0.5) is 0 Å². The molecule has 2 rings (SSSR count). The van der Waals surface area contributed by atoms with Crippen molar-refractivity contribution < 1.29 is 14.3 Å². The van der Waals surface area contributed by atoms with E-state index in [0.29, 0.717) is 24.5 Å². The SMILES string of the molecule is COC(=O)c1cc(C(C)CN)ccc1OCc1ccccc1. The average molecular weight is 299 g/mol. The third-order valence-corrected chi connectivity index (χ3v) is 3.57. The summed E-state index contributed by atoms with van der Waals surface area (Å²) in [5.74, 6) is 0.282. The first kappa shape index (κ1) is 16.0. The number of rotatable bonds is 6. The van der Waals surface area contributed by atoms with Crippen molar-refractivity contribution in [3.63, 3.8) is 0 Å². The van der Waals surface area contributed by atoms with E-state index in [2.05, 4.69) is 0 Å². The third kappa shape index (κ3) is 3.86. The van der Waals surface area contributed by atoms with Gasteiger partial charge in [0, 0.05) is 0 Å². The summed E-state index contributed by atoms with van der Waals surface area (Å²) in [7, 11) is 1.36. The fourth-order valence-electron chi connectivity index (χ4n) is 2.12. The Hall–Kier alpha value is -2.33. The summed E-state index contributed by atoms with van der Waals surface area (Å²) >= 11 is 0. The molecule has 0 amide bonds. The molecule has 0 radical (unpaired) electrons. The molecule has 2 aromatic rings. The van der Waals surface area contributed by atoms with Crippen LogP contribution in [0, 0.1) is 0 Å². The normalized spacial score (nSPS) is 11.8. The summed E-state index contributed by atoms with van der Waals surface area (Å²) in [6.07, 6.45) is 0. The second kappa shape index (κ2) is 7.61. The van der Waals surface area contributed by atoms with Gasteiger partial charge in [-0.25, -0.2) is 4.79 Å². The van der Waals surface area contributed by atoms with Gasteiger partial charge in [-0.05, 0) is 35.7 Å². The van der Waals surface area contributed by atoms with E-state index in [4.69, 9.17) is 15.2 Å². The summed E-state index contributed by atoms with van der Waals surface area (Å²) < 4.78 is 10.6. The van der Waals surface area contributed by atoms with Crippen LogP contribution in [-0.4, -0.2) is 19.6 Å². The molecule has 0 saturated carbocycles. The molecular formula is C18H21NO3. The molecule has 0 aromatic heterocycles. The van der Waals surface area contributed by atoms with E-state index in [0.717, 1.165) is 11.1 Å². The Morgan fingerprint density at radius 2 is 1.91 bits per heavy atom. The minimum absolute atomic E-state index is 0.173. The van der Waals surface area contributed by atoms with E-state index in [1.807, 2.05) is 43.3 Å². The predicted octanol–water partition coefficient (Wildman–Crippen LogP) is 3.11. The van der Waals surface area contributed by atoms with E-state index >= 15 is 0 Å². The highest BCUT2D eigenvalue weighted by molar-refractivity contribution is 5.92. The Balaban J connectivity index is 2.24. The maximum atomic E-state index is 12.0. The Labute approximate surface area is 130 Å². The van der Waals surface area contributed by atoms with Crippen LogP contribution in [0.2, 0.25) is 0 Å². The van der Waals surface area contributed by atoms with Crippen LogP contribution < -0.4 is 10.5 Å². The lowest BCUT2D eigenvalue weighted by Crippen LogP contribution is -2.11. The van der Waals surface area contributed by atoms with Crippen molar-refractivity contribution in [2.24, 2.45) is 5.73 Å². The van der Waals surface area contributed by atoms with Gasteiger partial charge in [0.1, 0.15) is 17.9 Å². The molecule has 0 aliphatic carbocycles. The van der Waals surface area contributed by atoms with Gasteiger partial charge in [-0.3, -0.25) is 0 Å². The van der Waals surface area contributed by atoms with Gasteiger partial charge in [0.25, 0.3) is 0 Å². The van der Waals surface area contributed by atoms with Gasteiger partial charge in [0.15, 0.2) is 0 Å². The number of esters is 1. The molecule has 0 heterocycles. The van der Waals surface area contributed by atoms with Gasteiger partial charge in [0.2, 0.25) is 0 Å². The molecule has 2 aromatic carbocycles. The quantitative estimate of drug-likeness (QED) is 0.833. The lowest BCUT2D eigenvalue weighted by molar-refractivity contribution is 0.0595. The minimum Gasteiger partial charge on any atom is -0.488 e. The fourth-order valence-corrected chi connectivity index (χ4v) is 2.12. The summed E-state index contributed by atoms with van der Waals surface area (Å²) in [4.78, 5) is 12.0. The molecular weight excluding hydrogens is 278 g/mol. The van der Waals surface area contributed by atoms with Crippen molar-refractivity contribution >= 4 is 5.97 Å². The van der Waals surface area contributed by atoms with Gasteiger partial charge in [-0.1, -0.05) is 43.3 Å². The molecule has 0 bridgehead atoms. The van der Waals surface area contributed by atoms with Crippen LogP contribution in [0.15, 0.2) is 48.5 Å². The summed E-state index contributed by atoms with van der Waals surface area (Å²) in [5.41, 5.74) is 8.15. The number of carbonyl (C=O) groups is 1. The lowest BCUT2D eigenvalue weighted by atomic mass is 9.98. The van der Waals surface area contributed by atoms with Crippen LogP contribution >= 0.6 is 0 Å². The number of nitrogens with two attached hydrogens (primary N) is 1. The van der Waals surface area contributed by atoms with Crippen LogP contribution in [0.1, 0.15) is 34.3 Å². The van der Waals surface area contributed by atoms with Gasteiger partial charge in [0.05, 0.1) is 7.11 Å². The highest BCUT2D eigenvalue weighted by atomic mass is 16.5. The number of methoxy groups -OCH3 is 1. The summed E-state index contributed by atoms with van der Waals surface area (Å²) in [6, 6.07) is 15.3. The first-order valence-electron chi connectivity index (χ1n) is 7.24. The highest BCUT2D eigenvalue weighted by Crippen LogP contribution is 2.25. The van der Waals surface area contributed by atoms with Gasteiger partial charge in [-0.2, -0.15) is 0 Å². The molecule has 0 fully saturated rings. The molecule has 22 heavy (non-hydrogen) atoms. The molecule has 1 atom stereocenters. The van der Waals surface area contributed by atoms with Gasteiger partial charge in [-0.15, -0.1) is 0 Å². The molecule has 0 aliphatic rings. The van der Waals surface area contributed by atoms with Crippen LogP contribution in [-0.2, 0) is 11.3 Å². The highest BCUT2D eigenvalue weighted by Gasteiger charge is 2.16. The Kier molecular flexibility index (Phi) is 5.55. The van der Waals surface area contributed by atoms with Gasteiger partial charge >= 0.3 is 5.97 Å². The van der Waals surface area contributed by atoms with E-state index in [1.165, 1.54) is 7.11 Å². The first-order valence-corrected chi connectivity index (χ1v) is 7.24. The van der Waals surface area contributed by atoms with Crippen LogP contribution in [0.3, 0.4) is 0 Å². The maximum Gasteiger partial charge on any atom is 0.341 e. The largest absolute Gasteiger partial charge is 0.488 e. The van der Waals surface area contributed by atoms with Crippen LogP contribution in [0.5, 0.6) is 5.75 Å². The Bertz CT molecular complexity index is 625. The topological polar surface area (TPSA) is 61.5 Å². The number of hydrogen-bond donors (Lipinski definition) is 1. The smallest absolute Gasteiger partial charge is 0.341 e. The first-order chi connectivity index (χ1) is 10.7. The lowest BCUT2D eigenvalue weighted by Gasteiger charge is -2.14. The molecule has 2 N–H and O–H groups in total. The maximum absolute atomic E-state index is 12.0. The zero-order valence-electron chi connectivity index (χ0n) is 12.9. The van der Waals surface area contributed by atoms with E-state index in [9.17, 15) is 4.79 Å². The molecule has 0 spiro atoms. The number of hydrogen-bond acceptors (Lipinski definition) is 4. The average Bonchev–Trinajstić information content (AvgIpc) is 2.59. The molecule has 0 saturated heterocycles. The molecule has 4 nitrogen and oxygen atoms in total. The molecule has 0 aliphatic heterocycles. The van der Waals surface area contributed by atoms with Gasteiger partial charge < -0.3 is 15.2 Å². The van der Waals surface area contributed by atoms with Crippen molar-refractivity contribution in [1.82, 2.24) is 0 Å². The van der Waals surface area contributed by atoms with Crippen molar-refractivity contribution in [2.75, 3.05) is 13.7 Å². The predicted molar refractivity (Wildman–Crippen MR) is 86.0 cm³/mol. The zero-order valence-corrected chi connectivity index (χ0v) is 12.9. The second-order valence-corrected chi connectivity index (χ2v) is 5.16. The minimum atomic E-state index is -0.408. The zero-order chi connectivity index (χ0) is 15.9. The Morgan fingerprint density at radius 1 is 1.18 bits per heavy atom. The molecule has 116 valence electrons. The summed E-state index contributed by atoms with van der Waals surface area (Å²) in [5, 5.41) is 0. The standard InChI is InChI=1S/C18H21NO3/c1-13(11-19)15-8-9-17(16(10-15)18(20)21-2)22-12-14-6-4-3-5-7-14/h3-10,13H,11-12,19H2,1-2H3. The molecule has 4 heteroatoms. The second-order valence-electron chi connectivity index (χ2n) is 5.16. The molecule has 1 unspecified atom stereocenters. The van der Waals surface area contributed by atoms with E-state index in [1.54, 1.807) is 12.1 Å². The van der Waals surface area contributed by atoms with Crippen molar-refractivity contribution in [3.8, 4) is 5.75 Å².